The van der Waals surface area contributed by atoms with Crippen LogP contribution in [0.2, 0.25) is 5.02 Å². The Morgan fingerprint density at radius 1 is 1.31 bits per heavy atom. The molecule has 0 N–H and O–H groups in total. The number of halogens is 3. The number of hydrogen-bond acceptors (Lipinski definition) is 1. The largest absolute Gasteiger partial charge is 0.263 e. The van der Waals surface area contributed by atoms with Gasteiger partial charge in [-0.05, 0) is 23.3 Å². The number of pyridine rings is 1. The van der Waals surface area contributed by atoms with Gasteiger partial charge >= 0.3 is 0 Å². The fourth-order valence-electron chi connectivity index (χ4n) is 1.50. The third-order valence-electron chi connectivity index (χ3n) is 2.27. The van der Waals surface area contributed by atoms with Crippen LogP contribution >= 0.6 is 27.5 Å². The summed E-state index contributed by atoms with van der Waals surface area (Å²) in [6, 6.07) is 6.39. The first kappa shape index (κ1) is 11.6. The van der Waals surface area contributed by atoms with Crippen molar-refractivity contribution in [1.82, 2.24) is 4.98 Å². The van der Waals surface area contributed by atoms with E-state index in [0.717, 1.165) is 16.7 Å². The minimum absolute atomic E-state index is 0.266. The van der Waals surface area contributed by atoms with Crippen molar-refractivity contribution < 1.29 is 4.39 Å². The molecule has 1 heterocycles. The smallest absolute Gasteiger partial charge is 0.123 e. The van der Waals surface area contributed by atoms with Crippen LogP contribution in [0.4, 0.5) is 4.39 Å². The predicted octanol–water partition coefficient (Wildman–Crippen LogP) is 4.44. The van der Waals surface area contributed by atoms with Crippen LogP contribution in [0.15, 0.2) is 36.7 Å². The van der Waals surface area contributed by atoms with Gasteiger partial charge in [0.2, 0.25) is 0 Å². The molecule has 1 nitrogen and oxygen atoms in total. The highest BCUT2D eigenvalue weighted by atomic mass is 79.9. The van der Waals surface area contributed by atoms with Gasteiger partial charge in [-0.25, -0.2) is 4.39 Å². The molecule has 1 aromatic carbocycles. The molecule has 0 unspecified atom stereocenters. The van der Waals surface area contributed by atoms with Crippen molar-refractivity contribution in [2.24, 2.45) is 0 Å². The molecule has 0 atom stereocenters. The predicted molar refractivity (Wildman–Crippen MR) is 67.3 cm³/mol. The van der Waals surface area contributed by atoms with Crippen molar-refractivity contribution in [2.75, 3.05) is 0 Å². The van der Waals surface area contributed by atoms with Crippen molar-refractivity contribution >= 4 is 27.5 Å². The fourth-order valence-corrected chi connectivity index (χ4v) is 2.49. The molecule has 0 saturated carbocycles. The summed E-state index contributed by atoms with van der Waals surface area (Å²) in [6.45, 7) is 0. The zero-order valence-electron chi connectivity index (χ0n) is 8.25. The van der Waals surface area contributed by atoms with Gasteiger partial charge in [-0.2, -0.15) is 0 Å². The minimum atomic E-state index is -0.266. The van der Waals surface area contributed by atoms with E-state index in [1.807, 2.05) is 6.07 Å². The first-order valence-electron chi connectivity index (χ1n) is 4.66. The first-order valence-corrected chi connectivity index (χ1v) is 6.16. The van der Waals surface area contributed by atoms with E-state index in [4.69, 9.17) is 11.6 Å². The van der Waals surface area contributed by atoms with Gasteiger partial charge in [0.1, 0.15) is 5.82 Å². The van der Waals surface area contributed by atoms with Crippen LogP contribution in [0.25, 0.3) is 11.1 Å². The number of alkyl halides is 1. The van der Waals surface area contributed by atoms with Crippen LogP contribution < -0.4 is 0 Å². The standard InChI is InChI=1S/C12H8BrClFN/c13-5-10-11(6-16-7-12(10)14)8-2-1-3-9(15)4-8/h1-4,6-7H,5H2. The normalized spacial score (nSPS) is 10.4. The summed E-state index contributed by atoms with van der Waals surface area (Å²) in [7, 11) is 0. The van der Waals surface area contributed by atoms with Gasteiger partial charge in [-0.3, -0.25) is 4.98 Å². The van der Waals surface area contributed by atoms with Gasteiger partial charge in [-0.1, -0.05) is 39.7 Å². The maximum Gasteiger partial charge on any atom is 0.123 e. The highest BCUT2D eigenvalue weighted by Gasteiger charge is 2.08. The molecular weight excluding hydrogens is 292 g/mol. The Balaban J connectivity index is 2.60. The van der Waals surface area contributed by atoms with Crippen molar-refractivity contribution in [1.29, 1.82) is 0 Å². The van der Waals surface area contributed by atoms with E-state index >= 15 is 0 Å². The highest BCUT2D eigenvalue weighted by molar-refractivity contribution is 9.08. The summed E-state index contributed by atoms with van der Waals surface area (Å²) in [5.41, 5.74) is 2.55. The average molecular weight is 301 g/mol. The molecule has 4 heteroatoms. The molecule has 2 rings (SSSR count). The molecule has 0 bridgehead atoms. The molecular formula is C12H8BrClFN. The van der Waals surface area contributed by atoms with Crippen molar-refractivity contribution in [3.8, 4) is 11.1 Å². The lowest BCUT2D eigenvalue weighted by Gasteiger charge is -2.08. The second-order valence-corrected chi connectivity index (χ2v) is 4.26. The number of hydrogen-bond donors (Lipinski definition) is 0. The Bertz CT molecular complexity index is 516. The zero-order valence-corrected chi connectivity index (χ0v) is 10.6. The van der Waals surface area contributed by atoms with Crippen molar-refractivity contribution in [2.45, 2.75) is 5.33 Å². The SMILES string of the molecule is Fc1cccc(-c2cncc(Cl)c2CBr)c1. The molecule has 0 spiro atoms. The third kappa shape index (κ3) is 2.25. The molecule has 82 valence electrons. The Morgan fingerprint density at radius 2 is 2.12 bits per heavy atom. The topological polar surface area (TPSA) is 12.9 Å². The number of nitrogens with zero attached hydrogens (tertiary/aromatic N) is 1. The van der Waals surface area contributed by atoms with Gasteiger partial charge in [0, 0.05) is 23.3 Å². The van der Waals surface area contributed by atoms with Crippen LogP contribution in [0.1, 0.15) is 5.56 Å². The lowest BCUT2D eigenvalue weighted by atomic mass is 10.0. The van der Waals surface area contributed by atoms with Gasteiger partial charge in [0.05, 0.1) is 5.02 Å². The maximum atomic E-state index is 13.1. The fraction of sp³-hybridized carbons (Fsp3) is 0.0833. The number of rotatable bonds is 2. The Kier molecular flexibility index (Phi) is 3.56. The lowest BCUT2D eigenvalue weighted by Crippen LogP contribution is -1.90. The molecule has 0 amide bonds. The summed E-state index contributed by atoms with van der Waals surface area (Å²) in [5, 5.41) is 1.19. The first-order chi connectivity index (χ1) is 7.72. The summed E-state index contributed by atoms with van der Waals surface area (Å²) in [5.74, 6) is -0.266. The number of benzene rings is 1. The van der Waals surface area contributed by atoms with Crippen LogP contribution in [-0.2, 0) is 5.33 Å². The Labute approximate surface area is 106 Å². The minimum Gasteiger partial charge on any atom is -0.263 e. The zero-order chi connectivity index (χ0) is 11.5. The summed E-state index contributed by atoms with van der Waals surface area (Å²) >= 11 is 9.40. The van der Waals surface area contributed by atoms with Crippen LogP contribution in [-0.4, -0.2) is 4.98 Å². The molecule has 0 aliphatic rings. The van der Waals surface area contributed by atoms with E-state index in [2.05, 4.69) is 20.9 Å². The molecule has 0 aliphatic carbocycles. The van der Waals surface area contributed by atoms with E-state index in [0.29, 0.717) is 10.4 Å². The van der Waals surface area contributed by atoms with Gasteiger partial charge in [0.15, 0.2) is 0 Å². The summed E-state index contributed by atoms with van der Waals surface area (Å²) < 4.78 is 13.1. The molecule has 0 saturated heterocycles. The second-order valence-electron chi connectivity index (χ2n) is 3.29. The van der Waals surface area contributed by atoms with Gasteiger partial charge in [-0.15, -0.1) is 0 Å². The average Bonchev–Trinajstić information content (AvgIpc) is 2.28. The van der Waals surface area contributed by atoms with E-state index < -0.39 is 0 Å². The van der Waals surface area contributed by atoms with Crippen molar-refractivity contribution in [3.63, 3.8) is 0 Å². The quantitative estimate of drug-likeness (QED) is 0.747. The van der Waals surface area contributed by atoms with E-state index in [9.17, 15) is 4.39 Å². The number of aromatic nitrogens is 1. The lowest BCUT2D eigenvalue weighted by molar-refractivity contribution is 0.628. The van der Waals surface area contributed by atoms with E-state index in [1.54, 1.807) is 18.5 Å². The second kappa shape index (κ2) is 4.93. The molecule has 0 fully saturated rings. The van der Waals surface area contributed by atoms with Crippen LogP contribution in [0, 0.1) is 5.82 Å². The monoisotopic (exact) mass is 299 g/mol. The Morgan fingerprint density at radius 3 is 2.81 bits per heavy atom. The molecule has 0 radical (unpaired) electrons. The van der Waals surface area contributed by atoms with Crippen LogP contribution in [0.3, 0.4) is 0 Å². The van der Waals surface area contributed by atoms with Gasteiger partial charge in [0.25, 0.3) is 0 Å². The molecule has 1 aromatic heterocycles. The molecule has 0 aliphatic heterocycles. The van der Waals surface area contributed by atoms with Gasteiger partial charge < -0.3 is 0 Å². The molecule has 2 aromatic rings. The maximum absolute atomic E-state index is 13.1. The Hall–Kier alpha value is -0.930. The highest BCUT2D eigenvalue weighted by Crippen LogP contribution is 2.30. The van der Waals surface area contributed by atoms with E-state index in [1.165, 1.54) is 12.1 Å². The summed E-state index contributed by atoms with van der Waals surface area (Å²) in [6.07, 6.45) is 3.28. The van der Waals surface area contributed by atoms with Crippen LogP contribution in [0.5, 0.6) is 0 Å². The van der Waals surface area contributed by atoms with E-state index in [-0.39, 0.29) is 5.82 Å². The third-order valence-corrected chi connectivity index (χ3v) is 3.16. The summed E-state index contributed by atoms with van der Waals surface area (Å²) in [4.78, 5) is 4.02. The molecule has 16 heavy (non-hydrogen) atoms. The van der Waals surface area contributed by atoms with Crippen molar-refractivity contribution in [3.05, 3.63) is 53.1 Å².